The van der Waals surface area contributed by atoms with Crippen LogP contribution in [0.5, 0.6) is 0 Å². The monoisotopic (exact) mass is 400 g/mol. The largest absolute Gasteiger partial charge is 0.475 e. The van der Waals surface area contributed by atoms with Crippen molar-refractivity contribution in [1.82, 2.24) is 10.6 Å². The van der Waals surface area contributed by atoms with E-state index < -0.39 is 30.9 Å². The SMILES string of the molecule is C=N/C=C\N=C(/C)C(=O)N[C@@H](Cc1ccccc1)C(=O)N[C@@H](CC(C)C)B(O)O. The van der Waals surface area contributed by atoms with Crippen LogP contribution in [0.2, 0.25) is 0 Å². The smallest absolute Gasteiger partial charge is 0.426 e. The van der Waals surface area contributed by atoms with Crippen LogP contribution in [0.1, 0.15) is 32.8 Å². The summed E-state index contributed by atoms with van der Waals surface area (Å²) < 4.78 is 0. The first-order chi connectivity index (χ1) is 13.7. The van der Waals surface area contributed by atoms with Crippen LogP contribution in [-0.2, 0) is 16.0 Å². The third kappa shape index (κ3) is 9.31. The van der Waals surface area contributed by atoms with Gasteiger partial charge in [-0.15, -0.1) is 0 Å². The van der Waals surface area contributed by atoms with Crippen molar-refractivity contribution in [3.63, 3.8) is 0 Å². The van der Waals surface area contributed by atoms with Crippen molar-refractivity contribution < 1.29 is 19.6 Å². The number of hydrogen-bond donors (Lipinski definition) is 4. The predicted molar refractivity (Wildman–Crippen MR) is 115 cm³/mol. The molecule has 156 valence electrons. The summed E-state index contributed by atoms with van der Waals surface area (Å²) in [5, 5.41) is 24.5. The van der Waals surface area contributed by atoms with Crippen LogP contribution in [0.15, 0.2) is 52.7 Å². The third-order valence-electron chi connectivity index (χ3n) is 4.09. The van der Waals surface area contributed by atoms with Gasteiger partial charge in [-0.2, -0.15) is 0 Å². The average molecular weight is 400 g/mol. The molecule has 1 aromatic carbocycles. The fourth-order valence-electron chi connectivity index (χ4n) is 2.62. The maximum absolute atomic E-state index is 12.8. The number of nitrogens with one attached hydrogen (secondary N) is 2. The van der Waals surface area contributed by atoms with Gasteiger partial charge in [0.25, 0.3) is 5.91 Å². The van der Waals surface area contributed by atoms with E-state index in [1.807, 2.05) is 44.2 Å². The Hall–Kier alpha value is -2.78. The van der Waals surface area contributed by atoms with Crippen molar-refractivity contribution in [2.24, 2.45) is 15.9 Å². The van der Waals surface area contributed by atoms with Gasteiger partial charge in [-0.1, -0.05) is 44.2 Å². The lowest BCUT2D eigenvalue weighted by atomic mass is 9.75. The van der Waals surface area contributed by atoms with Crippen LogP contribution in [0.3, 0.4) is 0 Å². The summed E-state index contributed by atoms with van der Waals surface area (Å²) in [6.45, 7) is 8.62. The number of benzene rings is 1. The molecule has 0 heterocycles. The summed E-state index contributed by atoms with van der Waals surface area (Å²) in [4.78, 5) is 32.7. The number of nitrogens with zero attached hydrogens (tertiary/aromatic N) is 2. The molecule has 0 saturated carbocycles. The molecular weight excluding hydrogens is 371 g/mol. The molecule has 0 aliphatic heterocycles. The zero-order chi connectivity index (χ0) is 21.8. The Bertz CT molecular complexity index is 735. The molecule has 2 amide bonds. The van der Waals surface area contributed by atoms with E-state index in [0.29, 0.717) is 6.42 Å². The number of amides is 2. The molecule has 8 nitrogen and oxygen atoms in total. The first-order valence-corrected chi connectivity index (χ1v) is 9.41. The maximum Gasteiger partial charge on any atom is 0.475 e. The van der Waals surface area contributed by atoms with Crippen molar-refractivity contribution in [1.29, 1.82) is 0 Å². The van der Waals surface area contributed by atoms with E-state index in [-0.39, 0.29) is 18.1 Å². The number of carbonyl (C=O) groups is 2. The third-order valence-corrected chi connectivity index (χ3v) is 4.09. The Morgan fingerprint density at radius 1 is 1.17 bits per heavy atom. The van der Waals surface area contributed by atoms with Gasteiger partial charge in [0.2, 0.25) is 5.91 Å². The number of carbonyl (C=O) groups excluding carboxylic acids is 2. The van der Waals surface area contributed by atoms with Crippen molar-refractivity contribution in [2.75, 3.05) is 0 Å². The van der Waals surface area contributed by atoms with E-state index in [4.69, 9.17) is 0 Å². The number of rotatable bonds is 11. The zero-order valence-corrected chi connectivity index (χ0v) is 17.1. The van der Waals surface area contributed by atoms with Gasteiger partial charge in [0, 0.05) is 18.8 Å². The lowest BCUT2D eigenvalue weighted by molar-refractivity contribution is -0.126. The molecule has 1 rings (SSSR count). The minimum absolute atomic E-state index is 0.142. The highest BCUT2D eigenvalue weighted by molar-refractivity contribution is 6.43. The lowest BCUT2D eigenvalue weighted by Crippen LogP contribution is -2.55. The van der Waals surface area contributed by atoms with E-state index in [1.165, 1.54) is 19.3 Å². The standard InChI is InChI=1S/C20H29BN4O4/c1-14(2)12-18(21(28)29)25-20(27)17(13-16-8-6-5-7-9-16)24-19(26)15(3)23-11-10-22-4/h5-11,14,17-18,28-29H,4,12-13H2,1-3H3,(H,24,26)(H,25,27)/b11-10-,23-15+/t17-,18-/m0/s1. The second-order valence-electron chi connectivity index (χ2n) is 7.07. The van der Waals surface area contributed by atoms with Crippen LogP contribution in [0.4, 0.5) is 0 Å². The highest BCUT2D eigenvalue weighted by Gasteiger charge is 2.30. The summed E-state index contributed by atoms with van der Waals surface area (Å²) in [5.41, 5.74) is 1.000. The Morgan fingerprint density at radius 3 is 2.38 bits per heavy atom. The minimum atomic E-state index is -1.70. The molecule has 0 aliphatic rings. The van der Waals surface area contributed by atoms with Crippen LogP contribution >= 0.6 is 0 Å². The molecule has 2 atom stereocenters. The summed E-state index contributed by atoms with van der Waals surface area (Å²) in [7, 11) is -1.70. The molecular formula is C20H29BN4O4. The molecule has 0 aliphatic carbocycles. The van der Waals surface area contributed by atoms with Crippen molar-refractivity contribution in [3.8, 4) is 0 Å². The van der Waals surface area contributed by atoms with Crippen molar-refractivity contribution in [2.45, 2.75) is 45.6 Å². The Morgan fingerprint density at radius 2 is 1.83 bits per heavy atom. The lowest BCUT2D eigenvalue weighted by Gasteiger charge is -2.24. The zero-order valence-electron chi connectivity index (χ0n) is 17.1. The van der Waals surface area contributed by atoms with Gasteiger partial charge < -0.3 is 20.7 Å². The molecule has 1 aromatic rings. The Kier molecular flexibility index (Phi) is 10.6. The molecule has 0 saturated heterocycles. The second-order valence-corrected chi connectivity index (χ2v) is 7.07. The van der Waals surface area contributed by atoms with Gasteiger partial charge in [0.05, 0.1) is 5.94 Å². The van der Waals surface area contributed by atoms with Crippen LogP contribution in [0.25, 0.3) is 0 Å². The Balaban J connectivity index is 2.99. The Labute approximate surface area is 172 Å². The summed E-state index contributed by atoms with van der Waals surface area (Å²) >= 11 is 0. The van der Waals surface area contributed by atoms with Gasteiger partial charge in [0.1, 0.15) is 11.8 Å². The average Bonchev–Trinajstić information content (AvgIpc) is 2.67. The van der Waals surface area contributed by atoms with Gasteiger partial charge >= 0.3 is 7.12 Å². The topological polar surface area (TPSA) is 123 Å². The van der Waals surface area contributed by atoms with Crippen LogP contribution in [0, 0.1) is 5.92 Å². The molecule has 0 radical (unpaired) electrons. The highest BCUT2D eigenvalue weighted by atomic mass is 16.4. The van der Waals surface area contributed by atoms with Gasteiger partial charge in [-0.3, -0.25) is 19.6 Å². The van der Waals surface area contributed by atoms with Gasteiger partial charge in [-0.05, 0) is 31.5 Å². The minimum Gasteiger partial charge on any atom is -0.426 e. The molecule has 4 N–H and O–H groups in total. The van der Waals surface area contributed by atoms with Gasteiger partial charge in [0.15, 0.2) is 0 Å². The number of hydrogen-bond acceptors (Lipinski definition) is 6. The molecule has 0 unspecified atom stereocenters. The fourth-order valence-corrected chi connectivity index (χ4v) is 2.62. The second kappa shape index (κ2) is 12.6. The summed E-state index contributed by atoms with van der Waals surface area (Å²) in [6.07, 6.45) is 3.29. The van der Waals surface area contributed by atoms with Crippen molar-refractivity contribution >= 4 is 31.4 Å². The molecule has 0 spiro atoms. The molecule has 0 fully saturated rings. The van der Waals surface area contributed by atoms with E-state index in [0.717, 1.165) is 5.56 Å². The summed E-state index contributed by atoms with van der Waals surface area (Å²) in [6, 6.07) is 8.31. The van der Waals surface area contributed by atoms with Crippen LogP contribution < -0.4 is 10.6 Å². The van der Waals surface area contributed by atoms with Gasteiger partial charge in [-0.25, -0.2) is 0 Å². The highest BCUT2D eigenvalue weighted by Crippen LogP contribution is 2.08. The predicted octanol–water partition coefficient (Wildman–Crippen LogP) is 0.889. The maximum atomic E-state index is 12.8. The van der Waals surface area contributed by atoms with Crippen molar-refractivity contribution in [3.05, 3.63) is 48.3 Å². The quantitative estimate of drug-likeness (QED) is 0.325. The normalized spacial score (nSPS) is 13.8. The molecule has 9 heteroatoms. The van der Waals surface area contributed by atoms with E-state index in [9.17, 15) is 19.6 Å². The van der Waals surface area contributed by atoms with E-state index >= 15 is 0 Å². The van der Waals surface area contributed by atoms with Crippen LogP contribution in [-0.4, -0.2) is 53.4 Å². The first-order valence-electron chi connectivity index (χ1n) is 9.41. The molecule has 29 heavy (non-hydrogen) atoms. The fraction of sp³-hybridized carbons (Fsp3) is 0.400. The van der Waals surface area contributed by atoms with E-state index in [2.05, 4.69) is 27.3 Å². The molecule has 0 aromatic heterocycles. The number of aliphatic imine (C=N–C) groups is 2. The molecule has 0 bridgehead atoms. The summed E-state index contributed by atoms with van der Waals surface area (Å²) in [5.74, 6) is -1.71. The first kappa shape index (κ1) is 24.3. The van der Waals surface area contributed by atoms with E-state index in [1.54, 1.807) is 0 Å².